The fraction of sp³-hybridized carbons (Fsp3) is 0.588. The third kappa shape index (κ3) is 7.68. The summed E-state index contributed by atoms with van der Waals surface area (Å²) in [5, 5.41) is 0. The van der Waals surface area contributed by atoms with Crippen molar-refractivity contribution in [3.63, 3.8) is 0 Å². The minimum absolute atomic E-state index is 0.147. The number of anilines is 1. The third-order valence-electron chi connectivity index (χ3n) is 3.62. The zero-order chi connectivity index (χ0) is 17.8. The van der Waals surface area contributed by atoms with Gasteiger partial charge in [-0.2, -0.15) is 0 Å². The standard InChI is InChI=1S/C17H27NO5S/c1-3-23-17(19)9-7-5-4-6-8-14-18(24(20)21)15-10-12-16(22-2)13-11-15/h10-13,24H,3-9,14H2,1-2H3. The van der Waals surface area contributed by atoms with E-state index in [-0.39, 0.29) is 5.97 Å². The van der Waals surface area contributed by atoms with Crippen molar-refractivity contribution >= 4 is 22.5 Å². The maximum Gasteiger partial charge on any atom is 0.305 e. The maximum atomic E-state index is 11.4. The van der Waals surface area contributed by atoms with Gasteiger partial charge in [-0.25, -0.2) is 8.42 Å². The highest BCUT2D eigenvalue weighted by molar-refractivity contribution is 7.74. The summed E-state index contributed by atoms with van der Waals surface area (Å²) in [6.45, 7) is 2.68. The molecule has 0 radical (unpaired) electrons. The normalized spacial score (nSPS) is 10.6. The zero-order valence-electron chi connectivity index (χ0n) is 14.4. The van der Waals surface area contributed by atoms with E-state index in [2.05, 4.69) is 0 Å². The Labute approximate surface area is 145 Å². The second-order valence-corrected chi connectivity index (χ2v) is 6.34. The van der Waals surface area contributed by atoms with Crippen molar-refractivity contribution in [1.29, 1.82) is 0 Å². The quantitative estimate of drug-likeness (QED) is 0.354. The maximum absolute atomic E-state index is 11.4. The van der Waals surface area contributed by atoms with Gasteiger partial charge in [-0.3, -0.25) is 9.10 Å². The van der Waals surface area contributed by atoms with Crippen LogP contribution < -0.4 is 9.04 Å². The molecular weight excluding hydrogens is 330 g/mol. The fourth-order valence-corrected chi connectivity index (χ4v) is 2.98. The Morgan fingerprint density at radius 3 is 2.25 bits per heavy atom. The van der Waals surface area contributed by atoms with Crippen LogP contribution in [-0.2, 0) is 20.4 Å². The van der Waals surface area contributed by atoms with Gasteiger partial charge < -0.3 is 9.47 Å². The van der Waals surface area contributed by atoms with E-state index in [4.69, 9.17) is 9.47 Å². The summed E-state index contributed by atoms with van der Waals surface area (Å²) in [6.07, 6.45) is 4.92. The number of unbranched alkanes of at least 4 members (excludes halogenated alkanes) is 4. The number of rotatable bonds is 12. The van der Waals surface area contributed by atoms with Crippen LogP contribution in [0, 0.1) is 0 Å². The van der Waals surface area contributed by atoms with Gasteiger partial charge in [-0.1, -0.05) is 19.3 Å². The van der Waals surface area contributed by atoms with Crippen LogP contribution in [-0.4, -0.2) is 34.6 Å². The summed E-state index contributed by atoms with van der Waals surface area (Å²) >= 11 is 0. The van der Waals surface area contributed by atoms with E-state index in [1.54, 1.807) is 38.3 Å². The van der Waals surface area contributed by atoms with Crippen LogP contribution >= 0.6 is 0 Å². The van der Waals surface area contributed by atoms with Crippen LogP contribution in [0.3, 0.4) is 0 Å². The molecule has 0 aromatic heterocycles. The van der Waals surface area contributed by atoms with Crippen molar-refractivity contribution in [2.24, 2.45) is 0 Å². The van der Waals surface area contributed by atoms with E-state index < -0.39 is 10.9 Å². The molecule has 0 spiro atoms. The first-order chi connectivity index (χ1) is 11.6. The second kappa shape index (κ2) is 11.7. The second-order valence-electron chi connectivity index (χ2n) is 5.38. The molecule has 24 heavy (non-hydrogen) atoms. The molecule has 0 unspecified atom stereocenters. The van der Waals surface area contributed by atoms with Gasteiger partial charge in [0, 0.05) is 13.0 Å². The molecule has 0 saturated heterocycles. The van der Waals surface area contributed by atoms with Gasteiger partial charge in [0.1, 0.15) is 5.75 Å². The highest BCUT2D eigenvalue weighted by Crippen LogP contribution is 2.20. The van der Waals surface area contributed by atoms with Crippen molar-refractivity contribution in [3.8, 4) is 5.75 Å². The molecule has 0 amide bonds. The molecule has 136 valence electrons. The summed E-state index contributed by atoms with van der Waals surface area (Å²) in [5.74, 6) is 0.549. The first-order valence-electron chi connectivity index (χ1n) is 8.30. The SMILES string of the molecule is CCOC(=O)CCCCCCCN(c1ccc(OC)cc1)[SH](=O)=O. The molecule has 0 aliphatic carbocycles. The minimum Gasteiger partial charge on any atom is -0.497 e. The summed E-state index contributed by atoms with van der Waals surface area (Å²) in [4.78, 5) is 11.2. The van der Waals surface area contributed by atoms with Crippen molar-refractivity contribution in [3.05, 3.63) is 24.3 Å². The largest absolute Gasteiger partial charge is 0.497 e. The Morgan fingerprint density at radius 2 is 1.67 bits per heavy atom. The number of carbonyl (C=O) groups excluding carboxylic acids is 1. The Balaban J connectivity index is 2.28. The lowest BCUT2D eigenvalue weighted by molar-refractivity contribution is -0.143. The molecule has 0 aliphatic heterocycles. The first kappa shape index (κ1) is 20.3. The highest BCUT2D eigenvalue weighted by atomic mass is 32.2. The van der Waals surface area contributed by atoms with Crippen LogP contribution in [0.1, 0.15) is 45.4 Å². The number of nitrogens with zero attached hydrogens (tertiary/aromatic N) is 1. The van der Waals surface area contributed by atoms with Gasteiger partial charge in [-0.15, -0.1) is 0 Å². The Hall–Kier alpha value is -1.76. The predicted molar refractivity (Wildman–Crippen MR) is 95.0 cm³/mol. The van der Waals surface area contributed by atoms with Crippen LogP contribution in [0.15, 0.2) is 24.3 Å². The number of hydrogen-bond donors (Lipinski definition) is 1. The molecule has 0 N–H and O–H groups in total. The molecule has 7 heteroatoms. The Kier molecular flexibility index (Phi) is 9.91. The van der Waals surface area contributed by atoms with Crippen molar-refractivity contribution in [2.75, 3.05) is 24.6 Å². The summed E-state index contributed by atoms with van der Waals surface area (Å²) in [6, 6.07) is 6.97. The van der Waals surface area contributed by atoms with Crippen LogP contribution in [0.4, 0.5) is 5.69 Å². The van der Waals surface area contributed by atoms with Crippen LogP contribution in [0.5, 0.6) is 5.75 Å². The van der Waals surface area contributed by atoms with Gasteiger partial charge >= 0.3 is 5.97 Å². The summed E-state index contributed by atoms with van der Waals surface area (Å²) in [5.41, 5.74) is 0.647. The number of methoxy groups -OCH3 is 1. The molecule has 1 aromatic carbocycles. The summed E-state index contributed by atoms with van der Waals surface area (Å²) in [7, 11) is -1.09. The number of benzene rings is 1. The molecule has 1 rings (SSSR count). The lowest BCUT2D eigenvalue weighted by atomic mass is 10.1. The molecule has 1 aromatic rings. The van der Waals surface area contributed by atoms with Crippen LogP contribution in [0.2, 0.25) is 0 Å². The van der Waals surface area contributed by atoms with E-state index in [1.165, 1.54) is 4.31 Å². The molecule has 0 bridgehead atoms. The average Bonchev–Trinajstić information content (AvgIpc) is 2.57. The van der Waals surface area contributed by atoms with E-state index >= 15 is 0 Å². The van der Waals surface area contributed by atoms with E-state index in [0.29, 0.717) is 31.0 Å². The van der Waals surface area contributed by atoms with Gasteiger partial charge in [0.15, 0.2) is 0 Å². The third-order valence-corrected chi connectivity index (χ3v) is 4.45. The molecule has 0 heterocycles. The monoisotopic (exact) mass is 357 g/mol. The lowest BCUT2D eigenvalue weighted by Gasteiger charge is -2.17. The van der Waals surface area contributed by atoms with Gasteiger partial charge in [-0.05, 0) is 44.0 Å². The van der Waals surface area contributed by atoms with Gasteiger partial charge in [0.2, 0.25) is 10.9 Å². The smallest absolute Gasteiger partial charge is 0.305 e. The molecule has 0 aliphatic rings. The molecule has 0 saturated carbocycles. The number of hydrogen-bond acceptors (Lipinski definition) is 5. The predicted octanol–water partition coefficient (Wildman–Crippen LogP) is 2.93. The Morgan fingerprint density at radius 1 is 1.04 bits per heavy atom. The minimum atomic E-state index is -2.66. The first-order valence-corrected chi connectivity index (χ1v) is 9.43. The Bertz CT molecular complexity index is 549. The van der Waals surface area contributed by atoms with Gasteiger partial charge in [0.05, 0.1) is 19.4 Å². The number of ether oxygens (including phenoxy) is 2. The molecule has 0 atom stereocenters. The van der Waals surface area contributed by atoms with Crippen molar-refractivity contribution in [1.82, 2.24) is 0 Å². The van der Waals surface area contributed by atoms with E-state index in [1.807, 2.05) is 0 Å². The van der Waals surface area contributed by atoms with Crippen molar-refractivity contribution < 1.29 is 22.7 Å². The zero-order valence-corrected chi connectivity index (χ0v) is 15.3. The number of thiol groups is 1. The summed E-state index contributed by atoms with van der Waals surface area (Å²) < 4.78 is 34.2. The van der Waals surface area contributed by atoms with E-state index in [0.717, 1.165) is 32.1 Å². The number of carbonyl (C=O) groups is 1. The number of esters is 1. The van der Waals surface area contributed by atoms with Gasteiger partial charge in [0.25, 0.3) is 0 Å². The molecule has 0 fully saturated rings. The molecular formula is C17H27NO5S. The van der Waals surface area contributed by atoms with Crippen molar-refractivity contribution in [2.45, 2.75) is 45.4 Å². The topological polar surface area (TPSA) is 72.9 Å². The lowest BCUT2D eigenvalue weighted by Crippen LogP contribution is -2.22. The highest BCUT2D eigenvalue weighted by Gasteiger charge is 2.08. The molecule has 6 nitrogen and oxygen atoms in total. The van der Waals surface area contributed by atoms with E-state index in [9.17, 15) is 13.2 Å². The average molecular weight is 357 g/mol. The fourth-order valence-electron chi connectivity index (χ4n) is 2.35. The van der Waals surface area contributed by atoms with Crippen LogP contribution in [0.25, 0.3) is 0 Å².